The molecule has 0 spiro atoms. The SMILES string of the molecule is COc1ccc(CNc2nc3c(OC)cccc3c3nc(CCC4CCc5c(nnn5C(C)C)C4)nn23)c(OC)c1. The molecule has 1 N–H and O–H groups in total. The number of nitrogens with one attached hydrogen (secondary N) is 1. The second kappa shape index (κ2) is 11.2. The van der Waals surface area contributed by atoms with Crippen molar-refractivity contribution < 1.29 is 14.2 Å². The lowest BCUT2D eigenvalue weighted by Crippen LogP contribution is -2.18. The lowest BCUT2D eigenvalue weighted by molar-refractivity contribution is 0.391. The molecule has 41 heavy (non-hydrogen) atoms. The van der Waals surface area contributed by atoms with Gasteiger partial charge < -0.3 is 19.5 Å². The summed E-state index contributed by atoms with van der Waals surface area (Å²) in [5.74, 6) is 4.06. The number of hydrogen-bond donors (Lipinski definition) is 1. The van der Waals surface area contributed by atoms with Crippen LogP contribution in [0.1, 0.15) is 55.5 Å². The molecule has 0 bridgehead atoms. The Morgan fingerprint density at radius 2 is 1.88 bits per heavy atom. The van der Waals surface area contributed by atoms with Gasteiger partial charge in [-0.3, -0.25) is 0 Å². The zero-order valence-electron chi connectivity index (χ0n) is 24.2. The van der Waals surface area contributed by atoms with E-state index >= 15 is 0 Å². The summed E-state index contributed by atoms with van der Waals surface area (Å²) in [4.78, 5) is 9.91. The van der Waals surface area contributed by atoms with Gasteiger partial charge in [0, 0.05) is 36.0 Å². The van der Waals surface area contributed by atoms with Crippen molar-refractivity contribution in [2.75, 3.05) is 26.6 Å². The van der Waals surface area contributed by atoms with E-state index < -0.39 is 0 Å². The van der Waals surface area contributed by atoms with Crippen LogP contribution in [0.15, 0.2) is 36.4 Å². The minimum absolute atomic E-state index is 0.334. The van der Waals surface area contributed by atoms with Gasteiger partial charge in [-0.25, -0.2) is 14.6 Å². The number of aryl methyl sites for hydroxylation is 1. The standard InChI is InChI=1S/C30H36N8O3/c1-18(2)37-24-13-9-19(15-23(24)34-36-37)10-14-27-32-29-22-7-6-8-25(40-4)28(22)33-30(38(29)35-27)31-17-20-11-12-21(39-3)16-26(20)41-5/h6-8,11-12,16,18-19H,9-10,13-15,17H2,1-5H3,(H,31,33). The fourth-order valence-electron chi connectivity index (χ4n) is 5.68. The van der Waals surface area contributed by atoms with E-state index in [2.05, 4.69) is 34.2 Å². The first-order chi connectivity index (χ1) is 20.0. The number of para-hydroxylation sites is 1. The van der Waals surface area contributed by atoms with Crippen molar-refractivity contribution in [2.24, 2.45) is 5.92 Å². The molecular formula is C30H36N8O3. The van der Waals surface area contributed by atoms with Crippen LogP contribution in [0.25, 0.3) is 16.6 Å². The monoisotopic (exact) mass is 556 g/mol. The van der Waals surface area contributed by atoms with Gasteiger partial charge in [0.2, 0.25) is 5.95 Å². The molecule has 0 saturated heterocycles. The van der Waals surface area contributed by atoms with Crippen LogP contribution >= 0.6 is 0 Å². The fraction of sp³-hybridized carbons (Fsp3) is 0.433. The Labute approximate surface area is 238 Å². The smallest absolute Gasteiger partial charge is 0.226 e. The lowest BCUT2D eigenvalue weighted by Gasteiger charge is -2.22. The van der Waals surface area contributed by atoms with Crippen molar-refractivity contribution >= 4 is 22.5 Å². The van der Waals surface area contributed by atoms with Crippen LogP contribution in [0.4, 0.5) is 5.95 Å². The Balaban J connectivity index is 1.27. The minimum Gasteiger partial charge on any atom is -0.497 e. The molecule has 0 fully saturated rings. The van der Waals surface area contributed by atoms with Gasteiger partial charge in [-0.1, -0.05) is 11.3 Å². The molecule has 0 radical (unpaired) electrons. The van der Waals surface area contributed by atoms with Crippen molar-refractivity contribution in [2.45, 2.75) is 58.5 Å². The third kappa shape index (κ3) is 5.12. The largest absolute Gasteiger partial charge is 0.497 e. The molecule has 0 aliphatic heterocycles. The summed E-state index contributed by atoms with van der Waals surface area (Å²) in [7, 11) is 4.94. The summed E-state index contributed by atoms with van der Waals surface area (Å²) >= 11 is 0. The predicted octanol–water partition coefficient (Wildman–Crippen LogP) is 4.83. The van der Waals surface area contributed by atoms with E-state index in [-0.39, 0.29) is 0 Å². The molecule has 1 atom stereocenters. The van der Waals surface area contributed by atoms with E-state index in [0.717, 1.165) is 77.2 Å². The van der Waals surface area contributed by atoms with Gasteiger partial charge in [0.05, 0.1) is 32.7 Å². The average Bonchev–Trinajstić information content (AvgIpc) is 3.63. The first-order valence-corrected chi connectivity index (χ1v) is 14.1. The van der Waals surface area contributed by atoms with Gasteiger partial charge in [0.25, 0.3) is 0 Å². The van der Waals surface area contributed by atoms with Gasteiger partial charge in [0.15, 0.2) is 11.5 Å². The summed E-state index contributed by atoms with van der Waals surface area (Å²) in [5, 5.41) is 18.1. The molecule has 3 heterocycles. The van der Waals surface area contributed by atoms with Crippen LogP contribution in [0, 0.1) is 5.92 Å². The van der Waals surface area contributed by atoms with Crippen molar-refractivity contribution in [3.8, 4) is 17.2 Å². The van der Waals surface area contributed by atoms with Crippen LogP contribution in [0.3, 0.4) is 0 Å². The van der Waals surface area contributed by atoms with E-state index in [1.165, 1.54) is 5.69 Å². The molecule has 0 saturated carbocycles. The van der Waals surface area contributed by atoms with Crippen LogP contribution in [-0.4, -0.2) is 55.9 Å². The van der Waals surface area contributed by atoms with Crippen LogP contribution < -0.4 is 19.5 Å². The zero-order valence-corrected chi connectivity index (χ0v) is 24.2. The average molecular weight is 557 g/mol. The number of fused-ring (bicyclic) bond motifs is 4. The highest BCUT2D eigenvalue weighted by Gasteiger charge is 2.25. The highest BCUT2D eigenvalue weighted by atomic mass is 16.5. The third-order valence-electron chi connectivity index (χ3n) is 7.87. The van der Waals surface area contributed by atoms with E-state index in [4.69, 9.17) is 29.3 Å². The molecule has 11 heteroatoms. The number of rotatable bonds is 10. The number of anilines is 1. The highest BCUT2D eigenvalue weighted by molar-refractivity contribution is 5.95. The van der Waals surface area contributed by atoms with Gasteiger partial charge >= 0.3 is 0 Å². The quantitative estimate of drug-likeness (QED) is 0.258. The third-order valence-corrected chi connectivity index (χ3v) is 7.87. The summed E-state index contributed by atoms with van der Waals surface area (Å²) in [6, 6.07) is 12.0. The number of methoxy groups -OCH3 is 3. The van der Waals surface area contributed by atoms with Gasteiger partial charge in [-0.05, 0) is 69.7 Å². The van der Waals surface area contributed by atoms with Gasteiger partial charge in [0.1, 0.15) is 22.8 Å². The number of hydrogen-bond acceptors (Lipinski definition) is 9. The molecule has 11 nitrogen and oxygen atoms in total. The van der Waals surface area contributed by atoms with Gasteiger partial charge in [-0.2, -0.15) is 4.52 Å². The van der Waals surface area contributed by atoms with Gasteiger partial charge in [-0.15, -0.1) is 10.2 Å². The van der Waals surface area contributed by atoms with Crippen molar-refractivity contribution in [1.82, 2.24) is 34.6 Å². The normalized spacial score (nSPS) is 14.9. The molecule has 214 valence electrons. The lowest BCUT2D eigenvalue weighted by atomic mass is 9.86. The molecule has 1 aliphatic rings. The number of ether oxygens (including phenoxy) is 3. The van der Waals surface area contributed by atoms with Crippen LogP contribution in [-0.2, 0) is 25.8 Å². The summed E-state index contributed by atoms with van der Waals surface area (Å²) in [6.45, 7) is 4.79. The maximum absolute atomic E-state index is 5.64. The number of benzene rings is 2. The first kappa shape index (κ1) is 26.8. The Bertz CT molecular complexity index is 1690. The highest BCUT2D eigenvalue weighted by Crippen LogP contribution is 2.31. The predicted molar refractivity (Wildman–Crippen MR) is 156 cm³/mol. The Kier molecular flexibility index (Phi) is 7.34. The maximum atomic E-state index is 5.64. The summed E-state index contributed by atoms with van der Waals surface area (Å²) in [5.41, 5.74) is 4.88. The van der Waals surface area contributed by atoms with E-state index in [1.807, 2.05) is 36.4 Å². The summed E-state index contributed by atoms with van der Waals surface area (Å²) < 4.78 is 20.5. The Hall–Kier alpha value is -4.41. The first-order valence-electron chi connectivity index (χ1n) is 14.1. The second-order valence-electron chi connectivity index (χ2n) is 10.8. The molecule has 3 aromatic heterocycles. The summed E-state index contributed by atoms with van der Waals surface area (Å²) in [6.07, 6.45) is 4.86. The van der Waals surface area contributed by atoms with E-state index in [9.17, 15) is 0 Å². The molecule has 2 aromatic carbocycles. The topological polar surface area (TPSA) is 114 Å². The van der Waals surface area contributed by atoms with E-state index in [1.54, 1.807) is 25.8 Å². The number of aromatic nitrogens is 7. The Morgan fingerprint density at radius 1 is 1.02 bits per heavy atom. The molecule has 0 amide bonds. The minimum atomic E-state index is 0.334. The van der Waals surface area contributed by atoms with Crippen LogP contribution in [0.2, 0.25) is 0 Å². The van der Waals surface area contributed by atoms with E-state index in [0.29, 0.717) is 30.2 Å². The molecule has 1 aliphatic carbocycles. The Morgan fingerprint density at radius 3 is 2.66 bits per heavy atom. The van der Waals surface area contributed by atoms with Crippen molar-refractivity contribution in [3.05, 3.63) is 59.2 Å². The maximum Gasteiger partial charge on any atom is 0.226 e. The second-order valence-corrected chi connectivity index (χ2v) is 10.8. The van der Waals surface area contributed by atoms with Crippen molar-refractivity contribution in [1.29, 1.82) is 0 Å². The fourth-order valence-corrected chi connectivity index (χ4v) is 5.68. The molecule has 5 aromatic rings. The zero-order chi connectivity index (χ0) is 28.5. The van der Waals surface area contributed by atoms with Crippen LogP contribution in [0.5, 0.6) is 17.2 Å². The molecule has 6 rings (SSSR count). The molecule has 1 unspecified atom stereocenters. The number of nitrogens with zero attached hydrogens (tertiary/aromatic N) is 7. The molecular weight excluding hydrogens is 520 g/mol. The van der Waals surface area contributed by atoms with Crippen molar-refractivity contribution in [3.63, 3.8) is 0 Å².